The lowest BCUT2D eigenvalue weighted by atomic mass is 10.1. The predicted octanol–water partition coefficient (Wildman–Crippen LogP) is 7.01. The van der Waals surface area contributed by atoms with Crippen LogP contribution >= 0.6 is 0 Å². The van der Waals surface area contributed by atoms with Crippen LogP contribution in [0.3, 0.4) is 0 Å². The smallest absolute Gasteiger partial charge is 0.119 e. The average molecular weight is 324 g/mol. The summed E-state index contributed by atoms with van der Waals surface area (Å²) in [6, 6.07) is 16.1. The summed E-state index contributed by atoms with van der Waals surface area (Å²) in [6.45, 7) is 5.15. The number of hydrogen-bond acceptors (Lipinski definition) is 3. The summed E-state index contributed by atoms with van der Waals surface area (Å²) in [5.74, 6) is 0.888. The molecule has 24 heavy (non-hydrogen) atoms. The van der Waals surface area contributed by atoms with Crippen LogP contribution in [-0.4, -0.2) is 6.61 Å². The van der Waals surface area contributed by atoms with E-state index >= 15 is 0 Å². The minimum Gasteiger partial charge on any atom is -0.494 e. The van der Waals surface area contributed by atoms with Crippen LogP contribution in [0.15, 0.2) is 58.8 Å². The van der Waals surface area contributed by atoms with Crippen LogP contribution in [0.1, 0.15) is 51.5 Å². The van der Waals surface area contributed by atoms with Crippen molar-refractivity contribution >= 4 is 11.4 Å². The van der Waals surface area contributed by atoms with E-state index in [4.69, 9.17) is 4.74 Å². The molecule has 2 aromatic rings. The van der Waals surface area contributed by atoms with E-state index in [1.807, 2.05) is 36.4 Å². The highest BCUT2D eigenvalue weighted by Crippen LogP contribution is 2.22. The number of ether oxygens (including phenoxy) is 1. The molecule has 3 nitrogen and oxygen atoms in total. The second-order valence-electron chi connectivity index (χ2n) is 6.02. The third-order valence-corrected chi connectivity index (χ3v) is 3.89. The standard InChI is InChI=1S/C21H28N2O/c1-3-5-7-8-18-9-11-19(12-10-18)22-23-20-13-15-21(16-14-20)24-17-6-4-2/h9-16H,3-8,17H2,1-2H3. The van der Waals surface area contributed by atoms with Gasteiger partial charge < -0.3 is 4.74 Å². The van der Waals surface area contributed by atoms with Crippen molar-refractivity contribution in [2.24, 2.45) is 10.2 Å². The number of unbranched alkanes of at least 4 members (excludes halogenated alkanes) is 3. The van der Waals surface area contributed by atoms with Gasteiger partial charge in [0.2, 0.25) is 0 Å². The van der Waals surface area contributed by atoms with Crippen LogP contribution in [0.5, 0.6) is 5.75 Å². The highest BCUT2D eigenvalue weighted by Gasteiger charge is 1.96. The molecule has 0 amide bonds. The van der Waals surface area contributed by atoms with E-state index in [1.54, 1.807) is 0 Å². The molecule has 0 aliphatic rings. The highest BCUT2D eigenvalue weighted by atomic mass is 16.5. The topological polar surface area (TPSA) is 34.0 Å². The van der Waals surface area contributed by atoms with E-state index in [9.17, 15) is 0 Å². The zero-order valence-corrected chi connectivity index (χ0v) is 14.9. The molecular weight excluding hydrogens is 296 g/mol. The number of rotatable bonds is 10. The SMILES string of the molecule is CCCCCc1ccc(N=Nc2ccc(OCCCC)cc2)cc1. The summed E-state index contributed by atoms with van der Waals surface area (Å²) in [4.78, 5) is 0. The minimum atomic E-state index is 0.766. The number of azo groups is 1. The van der Waals surface area contributed by atoms with Gasteiger partial charge >= 0.3 is 0 Å². The Morgan fingerprint density at radius 1 is 0.708 bits per heavy atom. The Balaban J connectivity index is 1.86. The number of benzene rings is 2. The predicted molar refractivity (Wildman–Crippen MR) is 101 cm³/mol. The lowest BCUT2D eigenvalue weighted by Gasteiger charge is -2.04. The van der Waals surface area contributed by atoms with Crippen molar-refractivity contribution in [2.75, 3.05) is 6.61 Å². The van der Waals surface area contributed by atoms with Crippen LogP contribution in [0.4, 0.5) is 11.4 Å². The number of hydrogen-bond donors (Lipinski definition) is 0. The monoisotopic (exact) mass is 324 g/mol. The van der Waals surface area contributed by atoms with Gasteiger partial charge in [0.05, 0.1) is 18.0 Å². The van der Waals surface area contributed by atoms with Gasteiger partial charge in [-0.1, -0.05) is 45.2 Å². The zero-order chi connectivity index (χ0) is 17.0. The Hall–Kier alpha value is -2.16. The van der Waals surface area contributed by atoms with Gasteiger partial charge in [-0.05, 0) is 61.2 Å². The Morgan fingerprint density at radius 3 is 1.88 bits per heavy atom. The van der Waals surface area contributed by atoms with E-state index < -0.39 is 0 Å². The lowest BCUT2D eigenvalue weighted by molar-refractivity contribution is 0.309. The molecule has 0 atom stereocenters. The fourth-order valence-electron chi connectivity index (χ4n) is 2.37. The molecule has 0 aliphatic heterocycles. The molecular formula is C21H28N2O. The van der Waals surface area contributed by atoms with Crippen molar-refractivity contribution in [3.63, 3.8) is 0 Å². The molecule has 3 heteroatoms. The highest BCUT2D eigenvalue weighted by molar-refractivity contribution is 5.43. The van der Waals surface area contributed by atoms with Crippen molar-refractivity contribution in [2.45, 2.75) is 52.4 Å². The van der Waals surface area contributed by atoms with Gasteiger partial charge in [0.15, 0.2) is 0 Å². The Bertz CT molecular complexity index is 547. The first-order valence-electron chi connectivity index (χ1n) is 9.05. The van der Waals surface area contributed by atoms with Gasteiger partial charge in [0.25, 0.3) is 0 Å². The first kappa shape index (κ1) is 18.2. The summed E-state index contributed by atoms with van der Waals surface area (Å²) in [5.41, 5.74) is 3.10. The molecule has 0 spiro atoms. The Morgan fingerprint density at radius 2 is 1.29 bits per heavy atom. The van der Waals surface area contributed by atoms with E-state index in [0.717, 1.165) is 43.0 Å². The first-order chi connectivity index (χ1) is 11.8. The lowest BCUT2D eigenvalue weighted by Crippen LogP contribution is -1.95. The molecule has 0 unspecified atom stereocenters. The molecule has 0 saturated heterocycles. The molecule has 0 aliphatic carbocycles. The van der Waals surface area contributed by atoms with Crippen LogP contribution < -0.4 is 4.74 Å². The van der Waals surface area contributed by atoms with E-state index in [2.05, 4.69) is 36.2 Å². The molecule has 2 rings (SSSR count). The first-order valence-corrected chi connectivity index (χ1v) is 9.05. The maximum atomic E-state index is 5.65. The summed E-state index contributed by atoms with van der Waals surface area (Å²) in [7, 11) is 0. The second kappa shape index (κ2) is 10.6. The summed E-state index contributed by atoms with van der Waals surface area (Å²) in [5, 5.41) is 8.59. The average Bonchev–Trinajstić information content (AvgIpc) is 2.63. The molecule has 0 fully saturated rings. The molecule has 2 aromatic carbocycles. The molecule has 0 radical (unpaired) electrons. The quantitative estimate of drug-likeness (QED) is 0.342. The Kier molecular flexibility index (Phi) is 8.02. The van der Waals surface area contributed by atoms with Crippen molar-refractivity contribution in [1.82, 2.24) is 0 Å². The van der Waals surface area contributed by atoms with Crippen molar-refractivity contribution in [3.05, 3.63) is 54.1 Å². The van der Waals surface area contributed by atoms with Crippen molar-refractivity contribution in [1.29, 1.82) is 0 Å². The summed E-state index contributed by atoms with van der Waals surface area (Å²) < 4.78 is 5.65. The molecule has 0 N–H and O–H groups in total. The second-order valence-corrected chi connectivity index (χ2v) is 6.02. The third kappa shape index (κ3) is 6.53. The molecule has 0 saturated carbocycles. The number of aryl methyl sites for hydroxylation is 1. The molecule has 0 bridgehead atoms. The third-order valence-electron chi connectivity index (χ3n) is 3.89. The zero-order valence-electron chi connectivity index (χ0n) is 14.9. The fourth-order valence-corrected chi connectivity index (χ4v) is 2.37. The minimum absolute atomic E-state index is 0.766. The molecule has 0 aromatic heterocycles. The van der Waals surface area contributed by atoms with Gasteiger partial charge in [-0.15, -0.1) is 0 Å². The van der Waals surface area contributed by atoms with Gasteiger partial charge in [0, 0.05) is 0 Å². The van der Waals surface area contributed by atoms with Crippen LogP contribution in [0.2, 0.25) is 0 Å². The van der Waals surface area contributed by atoms with Gasteiger partial charge in [-0.25, -0.2) is 0 Å². The van der Waals surface area contributed by atoms with E-state index in [0.29, 0.717) is 0 Å². The fraction of sp³-hybridized carbons (Fsp3) is 0.429. The van der Waals surface area contributed by atoms with Gasteiger partial charge in [-0.3, -0.25) is 0 Å². The van der Waals surface area contributed by atoms with Gasteiger partial charge in [0.1, 0.15) is 5.75 Å². The normalized spacial score (nSPS) is 11.1. The maximum Gasteiger partial charge on any atom is 0.119 e. The maximum absolute atomic E-state index is 5.65. The van der Waals surface area contributed by atoms with Crippen LogP contribution in [0.25, 0.3) is 0 Å². The van der Waals surface area contributed by atoms with E-state index in [-0.39, 0.29) is 0 Å². The largest absolute Gasteiger partial charge is 0.494 e. The van der Waals surface area contributed by atoms with Crippen LogP contribution in [-0.2, 0) is 6.42 Å². The molecule has 0 heterocycles. The van der Waals surface area contributed by atoms with Crippen molar-refractivity contribution < 1.29 is 4.74 Å². The van der Waals surface area contributed by atoms with E-state index in [1.165, 1.54) is 24.8 Å². The Labute approximate surface area is 145 Å². The van der Waals surface area contributed by atoms with Crippen molar-refractivity contribution in [3.8, 4) is 5.75 Å². The van der Waals surface area contributed by atoms with Crippen LogP contribution in [0, 0.1) is 0 Å². The molecule has 128 valence electrons. The summed E-state index contributed by atoms with van der Waals surface area (Å²) in [6.07, 6.45) is 7.17. The summed E-state index contributed by atoms with van der Waals surface area (Å²) >= 11 is 0. The number of nitrogens with zero attached hydrogens (tertiary/aromatic N) is 2. The van der Waals surface area contributed by atoms with Gasteiger partial charge in [-0.2, -0.15) is 10.2 Å².